The number of halogens is 5. The fraction of sp³-hybridized carbons (Fsp3) is 0.455. The van der Waals surface area contributed by atoms with Crippen LogP contribution in [0.1, 0.15) is 18.4 Å². The van der Waals surface area contributed by atoms with Crippen LogP contribution < -0.4 is 5.32 Å². The van der Waals surface area contributed by atoms with Crippen molar-refractivity contribution in [3.63, 3.8) is 0 Å². The second-order valence-electron chi connectivity index (χ2n) is 3.80. The maximum Gasteiger partial charge on any atom is 0.389 e. The first kappa shape index (κ1) is 14.7. The van der Waals surface area contributed by atoms with Crippen LogP contribution in [-0.4, -0.2) is 17.8 Å². The molecule has 0 aliphatic carbocycles. The van der Waals surface area contributed by atoms with Gasteiger partial charge >= 0.3 is 6.18 Å². The Bertz CT molecular complexity index is 382. The minimum atomic E-state index is -4.20. The summed E-state index contributed by atoms with van der Waals surface area (Å²) >= 11 is 0. The van der Waals surface area contributed by atoms with E-state index in [9.17, 15) is 22.0 Å². The van der Waals surface area contributed by atoms with Gasteiger partial charge in [-0.15, -0.1) is 0 Å². The number of nitrogens with one attached hydrogen (secondary N) is 1. The monoisotopic (exact) mass is 269 g/mol. The summed E-state index contributed by atoms with van der Waals surface area (Å²) in [5, 5.41) is 11.5. The molecule has 2 N–H and O–H groups in total. The summed E-state index contributed by atoms with van der Waals surface area (Å²) in [5.74, 6) is -3.25. The topological polar surface area (TPSA) is 32.3 Å². The lowest BCUT2D eigenvalue weighted by molar-refractivity contribution is -0.135. The highest BCUT2D eigenvalue weighted by Crippen LogP contribution is 2.22. The number of phenols is 1. The number of hydrogen-bond acceptors (Lipinski definition) is 2. The van der Waals surface area contributed by atoms with Crippen LogP contribution in [0.4, 0.5) is 22.0 Å². The van der Waals surface area contributed by atoms with Gasteiger partial charge in [-0.05, 0) is 30.7 Å². The van der Waals surface area contributed by atoms with Crippen LogP contribution in [0, 0.1) is 11.6 Å². The first-order chi connectivity index (χ1) is 8.29. The Labute approximate surface area is 100 Å². The molecule has 0 saturated heterocycles. The Kier molecular flexibility index (Phi) is 4.89. The normalized spacial score (nSPS) is 11.8. The van der Waals surface area contributed by atoms with Crippen molar-refractivity contribution in [1.82, 2.24) is 5.32 Å². The molecule has 7 heteroatoms. The predicted octanol–water partition coefficient (Wildman–Crippen LogP) is 3.10. The molecular formula is C11H12F5NO. The molecule has 1 rings (SSSR count). The maximum absolute atomic E-state index is 12.9. The predicted molar refractivity (Wildman–Crippen MR) is 55.0 cm³/mol. The zero-order valence-electron chi connectivity index (χ0n) is 9.32. The third-order valence-electron chi connectivity index (χ3n) is 2.22. The van der Waals surface area contributed by atoms with E-state index in [0.29, 0.717) is 0 Å². The molecule has 0 aliphatic heterocycles. The molecule has 0 saturated carbocycles. The minimum absolute atomic E-state index is 0.0337. The Morgan fingerprint density at radius 2 is 1.67 bits per heavy atom. The van der Waals surface area contributed by atoms with Crippen LogP contribution in [0.25, 0.3) is 0 Å². The summed E-state index contributed by atoms with van der Waals surface area (Å²) in [5.41, 5.74) is 0.217. The van der Waals surface area contributed by atoms with Gasteiger partial charge in [-0.3, -0.25) is 0 Å². The maximum atomic E-state index is 12.9. The van der Waals surface area contributed by atoms with E-state index < -0.39 is 30.0 Å². The molecule has 0 unspecified atom stereocenters. The van der Waals surface area contributed by atoms with Gasteiger partial charge in [0.05, 0.1) is 0 Å². The highest BCUT2D eigenvalue weighted by molar-refractivity contribution is 5.29. The lowest BCUT2D eigenvalue weighted by atomic mass is 10.2. The van der Waals surface area contributed by atoms with Crippen LogP contribution >= 0.6 is 0 Å². The highest BCUT2D eigenvalue weighted by Gasteiger charge is 2.25. The quantitative estimate of drug-likeness (QED) is 0.636. The lowest BCUT2D eigenvalue weighted by Gasteiger charge is -2.08. The number of alkyl halides is 3. The largest absolute Gasteiger partial charge is 0.503 e. The fourth-order valence-corrected chi connectivity index (χ4v) is 1.37. The third kappa shape index (κ3) is 4.87. The van der Waals surface area contributed by atoms with Gasteiger partial charge in [0.15, 0.2) is 17.4 Å². The second kappa shape index (κ2) is 5.99. The highest BCUT2D eigenvalue weighted by atomic mass is 19.4. The Hall–Kier alpha value is -1.37. The molecule has 0 amide bonds. The molecule has 0 atom stereocenters. The molecular weight excluding hydrogens is 257 g/mol. The van der Waals surface area contributed by atoms with Gasteiger partial charge in [0.25, 0.3) is 0 Å². The van der Waals surface area contributed by atoms with E-state index in [0.717, 1.165) is 12.1 Å². The van der Waals surface area contributed by atoms with E-state index in [2.05, 4.69) is 5.32 Å². The van der Waals surface area contributed by atoms with Gasteiger partial charge in [-0.2, -0.15) is 13.2 Å². The first-order valence-electron chi connectivity index (χ1n) is 5.24. The smallest absolute Gasteiger partial charge is 0.389 e. The molecule has 0 bridgehead atoms. The van der Waals surface area contributed by atoms with Crippen LogP contribution in [0.2, 0.25) is 0 Å². The van der Waals surface area contributed by atoms with E-state index in [-0.39, 0.29) is 25.1 Å². The average molecular weight is 269 g/mol. The number of aromatic hydroxyl groups is 1. The molecule has 0 aromatic heterocycles. The second-order valence-corrected chi connectivity index (χ2v) is 3.80. The summed E-state index contributed by atoms with van der Waals surface area (Å²) in [7, 11) is 0. The van der Waals surface area contributed by atoms with Gasteiger partial charge < -0.3 is 10.4 Å². The molecule has 0 heterocycles. The SMILES string of the molecule is Oc1c(F)cc(CNCCCC(F)(F)F)cc1F. The molecule has 2 nitrogen and oxygen atoms in total. The van der Waals surface area contributed by atoms with Gasteiger partial charge in [0, 0.05) is 13.0 Å². The number of benzene rings is 1. The van der Waals surface area contributed by atoms with Crippen LogP contribution in [0.15, 0.2) is 12.1 Å². The Balaban J connectivity index is 2.36. The molecule has 102 valence electrons. The van der Waals surface area contributed by atoms with Gasteiger partial charge in [-0.25, -0.2) is 8.78 Å². The van der Waals surface area contributed by atoms with E-state index in [1.54, 1.807) is 0 Å². The molecule has 0 spiro atoms. The van der Waals surface area contributed by atoms with Gasteiger partial charge in [-0.1, -0.05) is 0 Å². The number of rotatable bonds is 5. The van der Waals surface area contributed by atoms with Crippen molar-refractivity contribution < 1.29 is 27.1 Å². The van der Waals surface area contributed by atoms with Crippen molar-refractivity contribution in [2.24, 2.45) is 0 Å². The van der Waals surface area contributed by atoms with E-state index >= 15 is 0 Å². The first-order valence-corrected chi connectivity index (χ1v) is 5.24. The van der Waals surface area contributed by atoms with Gasteiger partial charge in [0.1, 0.15) is 0 Å². The molecule has 1 aromatic carbocycles. The Morgan fingerprint density at radius 3 is 2.17 bits per heavy atom. The van der Waals surface area contributed by atoms with Crippen molar-refractivity contribution in [3.05, 3.63) is 29.3 Å². The lowest BCUT2D eigenvalue weighted by Crippen LogP contribution is -2.18. The summed E-state index contributed by atoms with van der Waals surface area (Å²) in [6.07, 6.45) is -5.21. The molecule has 0 fully saturated rings. The fourth-order valence-electron chi connectivity index (χ4n) is 1.37. The molecule has 0 aliphatic rings. The summed E-state index contributed by atoms with van der Waals surface area (Å²) in [6.45, 7) is 0.121. The van der Waals surface area contributed by atoms with Crippen molar-refractivity contribution >= 4 is 0 Å². The van der Waals surface area contributed by atoms with Crippen molar-refractivity contribution in [2.75, 3.05) is 6.54 Å². The van der Waals surface area contributed by atoms with E-state index in [1.165, 1.54) is 0 Å². The van der Waals surface area contributed by atoms with Crippen molar-refractivity contribution in [2.45, 2.75) is 25.6 Å². The molecule has 1 aromatic rings. The van der Waals surface area contributed by atoms with E-state index in [1.807, 2.05) is 0 Å². The zero-order chi connectivity index (χ0) is 13.8. The number of hydrogen-bond donors (Lipinski definition) is 2. The summed E-state index contributed by atoms with van der Waals surface area (Å²) in [4.78, 5) is 0. The van der Waals surface area contributed by atoms with Crippen molar-refractivity contribution in [1.29, 1.82) is 0 Å². The standard InChI is InChI=1S/C11H12F5NO/c12-8-4-7(5-9(13)10(8)18)6-17-3-1-2-11(14,15)16/h4-5,17-18H,1-3,6H2. The zero-order valence-corrected chi connectivity index (χ0v) is 9.32. The van der Waals surface area contributed by atoms with Crippen LogP contribution in [0.5, 0.6) is 5.75 Å². The van der Waals surface area contributed by atoms with Crippen molar-refractivity contribution in [3.8, 4) is 5.75 Å². The van der Waals surface area contributed by atoms with Crippen LogP contribution in [0.3, 0.4) is 0 Å². The summed E-state index contributed by atoms with van der Waals surface area (Å²) < 4.78 is 61.2. The minimum Gasteiger partial charge on any atom is -0.503 e. The molecule has 18 heavy (non-hydrogen) atoms. The third-order valence-corrected chi connectivity index (χ3v) is 2.22. The Morgan fingerprint density at radius 1 is 1.11 bits per heavy atom. The average Bonchev–Trinajstić information content (AvgIpc) is 2.23. The van der Waals surface area contributed by atoms with Crippen LogP contribution in [-0.2, 0) is 6.54 Å². The summed E-state index contributed by atoms with van der Waals surface area (Å²) in [6, 6.07) is 1.85. The van der Waals surface area contributed by atoms with Gasteiger partial charge in [0.2, 0.25) is 0 Å². The number of phenolic OH excluding ortho intramolecular Hbond substituents is 1. The molecule has 0 radical (unpaired) electrons. The van der Waals surface area contributed by atoms with E-state index in [4.69, 9.17) is 5.11 Å².